The van der Waals surface area contributed by atoms with Crippen LogP contribution in [0.4, 0.5) is 4.39 Å². The molecule has 0 unspecified atom stereocenters. The number of nitriles is 1. The minimum absolute atomic E-state index is 0.351. The minimum atomic E-state index is -0.423. The van der Waals surface area contributed by atoms with Crippen LogP contribution in [-0.4, -0.2) is 4.98 Å². The zero-order valence-electron chi connectivity index (χ0n) is 7.13. The number of pyridine rings is 1. The van der Waals surface area contributed by atoms with E-state index >= 15 is 0 Å². The Hall–Kier alpha value is -1.43. The Kier molecular flexibility index (Phi) is 1.77. The van der Waals surface area contributed by atoms with Crippen molar-refractivity contribution in [1.29, 1.82) is 5.26 Å². The summed E-state index contributed by atoms with van der Waals surface area (Å²) in [6.45, 7) is 0. The Morgan fingerprint density at radius 1 is 1.46 bits per heavy atom. The van der Waals surface area contributed by atoms with Crippen LogP contribution in [0, 0.1) is 17.1 Å². The Morgan fingerprint density at radius 3 is 2.62 bits per heavy atom. The predicted octanol–water partition coefficient (Wildman–Crippen LogP) is 2.17. The first-order valence-electron chi connectivity index (χ1n) is 4.30. The maximum Gasteiger partial charge on any atom is 0.141 e. The highest BCUT2D eigenvalue weighted by Gasteiger charge is 2.40. The monoisotopic (exact) mass is 176 g/mol. The van der Waals surface area contributed by atoms with Crippen molar-refractivity contribution in [3.05, 3.63) is 29.8 Å². The molecule has 1 aromatic heterocycles. The highest BCUT2D eigenvalue weighted by molar-refractivity contribution is 5.29. The van der Waals surface area contributed by atoms with Crippen LogP contribution in [0.5, 0.6) is 0 Å². The molecule has 1 fully saturated rings. The molecule has 0 amide bonds. The third kappa shape index (κ3) is 1.19. The lowest BCUT2D eigenvalue weighted by molar-refractivity contribution is 0.315. The molecule has 2 nitrogen and oxygen atoms in total. The summed E-state index contributed by atoms with van der Waals surface area (Å²) in [5.74, 6) is -0.351. The van der Waals surface area contributed by atoms with Gasteiger partial charge < -0.3 is 0 Å². The second-order valence-corrected chi connectivity index (χ2v) is 3.41. The van der Waals surface area contributed by atoms with Gasteiger partial charge in [-0.3, -0.25) is 4.98 Å². The molecule has 0 radical (unpaired) electrons. The fourth-order valence-corrected chi connectivity index (χ4v) is 1.61. The molecule has 0 saturated heterocycles. The summed E-state index contributed by atoms with van der Waals surface area (Å²) in [6, 6.07) is 5.24. The average molecular weight is 176 g/mol. The second-order valence-electron chi connectivity index (χ2n) is 3.41. The van der Waals surface area contributed by atoms with Crippen molar-refractivity contribution in [3.8, 4) is 6.07 Å². The van der Waals surface area contributed by atoms with Crippen molar-refractivity contribution in [2.75, 3.05) is 0 Å². The van der Waals surface area contributed by atoms with Gasteiger partial charge in [0, 0.05) is 0 Å². The Morgan fingerprint density at radius 2 is 2.23 bits per heavy atom. The van der Waals surface area contributed by atoms with Gasteiger partial charge in [-0.2, -0.15) is 5.26 Å². The van der Waals surface area contributed by atoms with E-state index in [0.29, 0.717) is 5.69 Å². The van der Waals surface area contributed by atoms with Gasteiger partial charge in [0.1, 0.15) is 5.82 Å². The van der Waals surface area contributed by atoms with Gasteiger partial charge in [0.05, 0.1) is 23.4 Å². The third-order valence-electron chi connectivity index (χ3n) is 2.64. The van der Waals surface area contributed by atoms with Crippen molar-refractivity contribution < 1.29 is 4.39 Å². The van der Waals surface area contributed by atoms with E-state index in [1.807, 2.05) is 0 Å². The lowest BCUT2D eigenvalue weighted by Gasteiger charge is -2.34. The van der Waals surface area contributed by atoms with E-state index in [1.54, 1.807) is 6.07 Å². The summed E-state index contributed by atoms with van der Waals surface area (Å²) in [7, 11) is 0. The first-order valence-corrected chi connectivity index (χ1v) is 4.30. The van der Waals surface area contributed by atoms with Crippen LogP contribution in [0.15, 0.2) is 18.3 Å². The molecule has 1 saturated carbocycles. The summed E-state index contributed by atoms with van der Waals surface area (Å²) in [5, 5.41) is 8.98. The summed E-state index contributed by atoms with van der Waals surface area (Å²) >= 11 is 0. The van der Waals surface area contributed by atoms with Crippen molar-refractivity contribution in [2.24, 2.45) is 0 Å². The molecule has 0 spiro atoms. The molecule has 1 heterocycles. The normalized spacial score (nSPS) is 18.8. The predicted molar refractivity (Wildman–Crippen MR) is 45.3 cm³/mol. The summed E-state index contributed by atoms with van der Waals surface area (Å²) < 4.78 is 12.6. The van der Waals surface area contributed by atoms with Crippen molar-refractivity contribution in [3.63, 3.8) is 0 Å². The summed E-state index contributed by atoms with van der Waals surface area (Å²) in [5.41, 5.74) is 0.288. The zero-order valence-corrected chi connectivity index (χ0v) is 7.13. The number of hydrogen-bond donors (Lipinski definition) is 0. The van der Waals surface area contributed by atoms with Gasteiger partial charge in [-0.1, -0.05) is 0 Å². The van der Waals surface area contributed by atoms with Gasteiger partial charge in [0.2, 0.25) is 0 Å². The van der Waals surface area contributed by atoms with Crippen LogP contribution in [0.3, 0.4) is 0 Å². The topological polar surface area (TPSA) is 36.7 Å². The minimum Gasteiger partial charge on any atom is -0.257 e. The first kappa shape index (κ1) is 8.18. The largest absolute Gasteiger partial charge is 0.257 e. The van der Waals surface area contributed by atoms with Crippen LogP contribution in [0.25, 0.3) is 0 Å². The summed E-state index contributed by atoms with van der Waals surface area (Å²) in [4.78, 5) is 3.95. The lowest BCUT2D eigenvalue weighted by Crippen LogP contribution is -2.33. The quantitative estimate of drug-likeness (QED) is 0.657. The van der Waals surface area contributed by atoms with E-state index in [0.717, 1.165) is 19.3 Å². The number of hydrogen-bond acceptors (Lipinski definition) is 2. The number of halogens is 1. The second kappa shape index (κ2) is 2.81. The third-order valence-corrected chi connectivity index (χ3v) is 2.64. The van der Waals surface area contributed by atoms with Crippen LogP contribution >= 0.6 is 0 Å². The Bertz CT molecular complexity index is 346. The zero-order chi connectivity index (χ0) is 9.31. The molecule has 1 aromatic rings. The number of aromatic nitrogens is 1. The smallest absolute Gasteiger partial charge is 0.141 e. The fraction of sp³-hybridized carbons (Fsp3) is 0.400. The molecule has 66 valence electrons. The molecule has 0 aliphatic heterocycles. The molecule has 0 atom stereocenters. The van der Waals surface area contributed by atoms with Gasteiger partial charge >= 0.3 is 0 Å². The molecule has 3 heteroatoms. The lowest BCUT2D eigenvalue weighted by atomic mass is 9.67. The molecule has 0 aromatic carbocycles. The SMILES string of the molecule is N#CC1(c2ccc(F)cn2)CCC1. The molecule has 13 heavy (non-hydrogen) atoms. The summed E-state index contributed by atoms with van der Waals surface area (Å²) in [6.07, 6.45) is 3.93. The molecule has 2 rings (SSSR count). The van der Waals surface area contributed by atoms with E-state index in [1.165, 1.54) is 12.3 Å². The van der Waals surface area contributed by atoms with Gasteiger partial charge in [0.25, 0.3) is 0 Å². The van der Waals surface area contributed by atoms with Gasteiger partial charge in [0.15, 0.2) is 0 Å². The molecular weight excluding hydrogens is 167 g/mol. The van der Waals surface area contributed by atoms with Crippen LogP contribution in [0.2, 0.25) is 0 Å². The number of nitrogens with zero attached hydrogens (tertiary/aromatic N) is 2. The maximum atomic E-state index is 12.6. The van der Waals surface area contributed by atoms with Crippen molar-refractivity contribution in [1.82, 2.24) is 4.98 Å². The standard InChI is InChI=1S/C10H9FN2/c11-8-2-3-9(13-6-8)10(7-12)4-1-5-10/h2-3,6H,1,4-5H2. The van der Waals surface area contributed by atoms with E-state index in [4.69, 9.17) is 5.26 Å². The van der Waals surface area contributed by atoms with Crippen LogP contribution in [-0.2, 0) is 5.41 Å². The van der Waals surface area contributed by atoms with Crippen LogP contribution < -0.4 is 0 Å². The fourth-order valence-electron chi connectivity index (χ4n) is 1.61. The highest BCUT2D eigenvalue weighted by atomic mass is 19.1. The molecule has 0 N–H and O–H groups in total. The number of rotatable bonds is 1. The Labute approximate surface area is 76.0 Å². The van der Waals surface area contributed by atoms with E-state index in [9.17, 15) is 4.39 Å². The molecule has 1 aliphatic carbocycles. The van der Waals surface area contributed by atoms with Gasteiger partial charge in [-0.15, -0.1) is 0 Å². The molecule has 0 bridgehead atoms. The van der Waals surface area contributed by atoms with Gasteiger partial charge in [-0.25, -0.2) is 4.39 Å². The van der Waals surface area contributed by atoms with E-state index in [-0.39, 0.29) is 5.82 Å². The first-order chi connectivity index (χ1) is 6.27. The van der Waals surface area contributed by atoms with Crippen molar-refractivity contribution in [2.45, 2.75) is 24.7 Å². The molecular formula is C10H9FN2. The van der Waals surface area contributed by atoms with Crippen LogP contribution in [0.1, 0.15) is 25.0 Å². The van der Waals surface area contributed by atoms with Gasteiger partial charge in [-0.05, 0) is 31.4 Å². The average Bonchev–Trinajstić information content (AvgIpc) is 2.07. The maximum absolute atomic E-state index is 12.6. The van der Waals surface area contributed by atoms with E-state index in [2.05, 4.69) is 11.1 Å². The highest BCUT2D eigenvalue weighted by Crippen LogP contribution is 2.41. The molecule has 1 aliphatic rings. The van der Waals surface area contributed by atoms with Crippen molar-refractivity contribution >= 4 is 0 Å². The van der Waals surface area contributed by atoms with E-state index < -0.39 is 5.41 Å². The Balaban J connectivity index is 2.35.